The molecule has 11 aromatic rings. The Morgan fingerprint density at radius 3 is 0.893 bits per heavy atom. The van der Waals surface area contributed by atoms with Crippen LogP contribution in [0, 0.1) is 0 Å². The van der Waals surface area contributed by atoms with E-state index in [9.17, 15) is 24.3 Å². The Bertz CT molecular complexity index is 5220. The molecule has 25 heteroatoms. The molecule has 0 saturated carbocycles. The van der Waals surface area contributed by atoms with E-state index in [1.165, 1.54) is 97.1 Å². The van der Waals surface area contributed by atoms with Crippen molar-refractivity contribution in [3.05, 3.63) is 384 Å². The first-order valence-electron chi connectivity index (χ1n) is 39.7. The molecule has 24 nitrogen and oxygen atoms in total. The van der Waals surface area contributed by atoms with Crippen molar-refractivity contribution in [3.8, 4) is 0 Å². The van der Waals surface area contributed by atoms with E-state index in [0.29, 0.717) is 5.56 Å². The number of esters is 8. The van der Waals surface area contributed by atoms with Crippen molar-refractivity contribution >= 4 is 66.4 Å². The van der Waals surface area contributed by atoms with Crippen molar-refractivity contribution in [2.75, 3.05) is 19.8 Å². The summed E-state index contributed by atoms with van der Waals surface area (Å²) in [6, 6.07) is 90.4. The van der Waals surface area contributed by atoms with Crippen LogP contribution < -0.4 is 10.4 Å². The van der Waals surface area contributed by atoms with Gasteiger partial charge < -0.3 is 75.8 Å². The van der Waals surface area contributed by atoms with E-state index >= 15 is 19.2 Å². The normalized spacial score (nSPS) is 22.6. The summed E-state index contributed by atoms with van der Waals surface area (Å²) in [7, 11) is -3.84. The lowest BCUT2D eigenvalue weighted by Gasteiger charge is -2.51. The van der Waals surface area contributed by atoms with E-state index in [0.717, 1.165) is 10.4 Å². The number of rotatable bonds is 30. The molecule has 11 aromatic carbocycles. The fourth-order valence-electron chi connectivity index (χ4n) is 14.8. The minimum absolute atomic E-state index is 0.00620. The zero-order valence-electron chi connectivity index (χ0n) is 66.6. The molecule has 3 aliphatic heterocycles. The van der Waals surface area contributed by atoms with E-state index in [1.807, 2.05) is 81.4 Å². The van der Waals surface area contributed by atoms with E-state index in [1.54, 1.807) is 176 Å². The number of benzene rings is 11. The topological polar surface area (TPSA) is 295 Å². The third kappa shape index (κ3) is 20.7. The number of carbonyl (C=O) groups excluding carboxylic acids is 8. The van der Waals surface area contributed by atoms with Gasteiger partial charge in [0.2, 0.25) is 0 Å². The Kier molecular flexibility index (Phi) is 28.3. The molecule has 3 aliphatic rings. The molecule has 3 saturated heterocycles. The van der Waals surface area contributed by atoms with Crippen molar-refractivity contribution in [1.29, 1.82) is 0 Å². The second kappa shape index (κ2) is 40.4. The van der Waals surface area contributed by atoms with Gasteiger partial charge in [0.15, 0.2) is 55.5 Å². The van der Waals surface area contributed by atoms with Gasteiger partial charge in [-0.2, -0.15) is 0 Å². The monoisotopic (exact) mass is 1660 g/mol. The highest BCUT2D eigenvalue weighted by Gasteiger charge is 2.62. The van der Waals surface area contributed by atoms with E-state index in [4.69, 9.17) is 70.7 Å². The Morgan fingerprint density at radius 2 is 0.549 bits per heavy atom. The predicted molar refractivity (Wildman–Crippen MR) is 444 cm³/mol. The summed E-state index contributed by atoms with van der Waals surface area (Å²) in [5, 5.41) is 13.3. The molecule has 0 aliphatic carbocycles. The van der Waals surface area contributed by atoms with E-state index in [-0.39, 0.29) is 51.1 Å². The van der Waals surface area contributed by atoms with Gasteiger partial charge in [-0.05, 0) is 118 Å². The lowest BCUT2D eigenvalue weighted by molar-refractivity contribution is -0.377. The number of carbonyl (C=O) groups is 8. The molecule has 0 amide bonds. The van der Waals surface area contributed by atoms with Crippen LogP contribution in [0.4, 0.5) is 0 Å². The molecule has 1 N–H and O–H groups in total. The standard InChI is InChI=1S/C97H88O24Si/c1-97(2,3)122(72-55-33-13-34-56-72,73-57-35-14-36-58-73)110-62-76-78(115-89(101)67-45-23-8-24-46-67)82(121-95-84(118-92(104)70-51-29-11-30-52-70)80(107-59-63-37-15-4-16-38-63)77(114-88(100)66-43-21-7-22-44-66)75(112-95)61-109-87(99)65-41-19-6-20-42-65)85(119-93(105)71-53-31-12-32-54-71)96(113-76)120-79-74(60-108-86(98)64-39-17-5-18-40-64)111-94(106)83(117-91(103)69-49-27-10-28-50-69)81(79)116-90(102)68-47-25-9-26-48-68/h4-58,74-85,94-96,106H,59-62H2,1-3H3/t74-,75-,76-,77+,78+,79-,80+,81+,82+,83+,84-,85-,94+,95+,96+/m1/s1. The zero-order chi connectivity index (χ0) is 85.0. The summed E-state index contributed by atoms with van der Waals surface area (Å²) in [4.78, 5) is 121. The van der Waals surface area contributed by atoms with Crippen LogP contribution in [0.1, 0.15) is 109 Å². The van der Waals surface area contributed by atoms with Gasteiger partial charge in [0.25, 0.3) is 8.32 Å². The summed E-state index contributed by atoms with van der Waals surface area (Å²) in [5.74, 6) is -7.92. The van der Waals surface area contributed by atoms with Crippen molar-refractivity contribution in [2.24, 2.45) is 0 Å². The Labute approximate surface area is 705 Å². The van der Waals surface area contributed by atoms with E-state index in [2.05, 4.69) is 0 Å². The second-order valence-corrected chi connectivity index (χ2v) is 34.2. The maximum absolute atomic E-state index is 15.8. The van der Waals surface area contributed by atoms with Gasteiger partial charge in [-0.3, -0.25) is 0 Å². The van der Waals surface area contributed by atoms with Crippen molar-refractivity contribution in [2.45, 2.75) is 125 Å². The summed E-state index contributed by atoms with van der Waals surface area (Å²) in [6.07, 6.45) is -29.9. The zero-order valence-corrected chi connectivity index (χ0v) is 67.6. The lowest BCUT2D eigenvalue weighted by atomic mass is 9.94. The van der Waals surface area contributed by atoms with E-state index < -0.39 is 173 Å². The Balaban J connectivity index is 1.00. The van der Waals surface area contributed by atoms with Crippen molar-refractivity contribution in [1.82, 2.24) is 0 Å². The minimum Gasteiger partial charge on any atom is -0.459 e. The quantitative estimate of drug-likeness (QED) is 0.0248. The lowest BCUT2D eigenvalue weighted by Crippen LogP contribution is -2.70. The summed E-state index contributed by atoms with van der Waals surface area (Å²) in [6.45, 7) is 3.57. The van der Waals surface area contributed by atoms with Gasteiger partial charge >= 0.3 is 47.8 Å². The number of hydrogen-bond acceptors (Lipinski definition) is 24. The molecule has 3 fully saturated rings. The fraction of sp³-hybridized carbons (Fsp3) is 0.237. The Morgan fingerprint density at radius 1 is 0.287 bits per heavy atom. The SMILES string of the molecule is CC(C)(C)[Si](OC[C@H]1O[C@@H](O[C@H]2[C@H](OC(=O)c3ccccc3)[C@H](OC(=O)c3ccccc3)[C@@H](O)O[C@@H]2COC(=O)c2ccccc2)[C@H](OC(=O)c2ccccc2)[C@@H](O[C@@H]2O[C@H](COC(=O)c3ccccc3)[C@H](OC(=O)c3ccccc3)[C@H](OCc3ccccc3)[C@H]2OC(=O)c2ccccc2)[C@H]1OC(=O)c1ccccc1)(c1ccccc1)c1ccccc1. The van der Waals surface area contributed by atoms with Gasteiger partial charge in [0, 0.05) is 0 Å². The van der Waals surface area contributed by atoms with Crippen molar-refractivity contribution < 1.29 is 114 Å². The Hall–Kier alpha value is -12.9. The first kappa shape index (κ1) is 85.5. The third-order valence-electron chi connectivity index (χ3n) is 20.8. The second-order valence-electron chi connectivity index (χ2n) is 29.9. The molecular weight excluding hydrogens is 1580 g/mol. The number of ether oxygens (including phenoxy) is 14. The molecule has 122 heavy (non-hydrogen) atoms. The minimum atomic E-state index is -3.84. The first-order chi connectivity index (χ1) is 59.4. The molecule has 14 rings (SSSR count). The highest BCUT2D eigenvalue weighted by molar-refractivity contribution is 6.99. The predicted octanol–water partition coefficient (Wildman–Crippen LogP) is 13.2. The van der Waals surface area contributed by atoms with Gasteiger partial charge in [-0.15, -0.1) is 0 Å². The van der Waals surface area contributed by atoms with Gasteiger partial charge in [0.1, 0.15) is 49.8 Å². The highest BCUT2D eigenvalue weighted by Crippen LogP contribution is 2.42. The molecule has 0 bridgehead atoms. The molecule has 3 heterocycles. The molecule has 0 radical (unpaired) electrons. The van der Waals surface area contributed by atoms with Crippen LogP contribution in [0.3, 0.4) is 0 Å². The third-order valence-corrected chi connectivity index (χ3v) is 25.8. The van der Waals surface area contributed by atoms with Crippen LogP contribution in [-0.4, -0.2) is 173 Å². The number of aliphatic hydroxyl groups excluding tert-OH is 1. The average molecular weight is 1670 g/mol. The largest absolute Gasteiger partial charge is 0.459 e. The van der Waals surface area contributed by atoms with Gasteiger partial charge in [-0.1, -0.05) is 257 Å². The van der Waals surface area contributed by atoms with Crippen LogP contribution in [0.5, 0.6) is 0 Å². The summed E-state index contributed by atoms with van der Waals surface area (Å²) >= 11 is 0. The molecule has 0 spiro atoms. The molecular formula is C97H88O24Si. The van der Waals surface area contributed by atoms with Gasteiger partial charge in [0.05, 0.1) is 57.7 Å². The molecule has 0 unspecified atom stereocenters. The fourth-order valence-corrected chi connectivity index (χ4v) is 19.4. The number of aliphatic hydroxyl groups is 1. The molecule has 624 valence electrons. The van der Waals surface area contributed by atoms with Crippen molar-refractivity contribution in [3.63, 3.8) is 0 Å². The first-order valence-corrected chi connectivity index (χ1v) is 41.6. The summed E-state index contributed by atoms with van der Waals surface area (Å²) in [5.41, 5.74) is 0.647. The van der Waals surface area contributed by atoms with Crippen LogP contribution in [0.15, 0.2) is 334 Å². The number of hydrogen-bond donors (Lipinski definition) is 1. The molecule has 0 aromatic heterocycles. The molecule has 15 atom stereocenters. The maximum atomic E-state index is 15.8. The average Bonchev–Trinajstić information content (AvgIpc) is 0.738. The maximum Gasteiger partial charge on any atom is 0.338 e. The van der Waals surface area contributed by atoms with Gasteiger partial charge in [-0.25, -0.2) is 38.4 Å². The van der Waals surface area contributed by atoms with Crippen LogP contribution >= 0.6 is 0 Å². The smallest absolute Gasteiger partial charge is 0.338 e. The van der Waals surface area contributed by atoms with Crippen LogP contribution in [0.25, 0.3) is 0 Å². The highest BCUT2D eigenvalue weighted by atomic mass is 28.4. The summed E-state index contributed by atoms with van der Waals surface area (Å²) < 4.78 is 103. The van der Waals surface area contributed by atoms with Crippen LogP contribution in [0.2, 0.25) is 5.04 Å². The van der Waals surface area contributed by atoms with Crippen LogP contribution in [-0.2, 0) is 77.3 Å².